The van der Waals surface area contributed by atoms with Crippen LogP contribution in [0.2, 0.25) is 0 Å². The second-order valence-corrected chi connectivity index (χ2v) is 4.80. The van der Waals surface area contributed by atoms with E-state index >= 15 is 0 Å². The Bertz CT molecular complexity index is 530. The van der Waals surface area contributed by atoms with Crippen LogP contribution in [0.15, 0.2) is 18.2 Å². The lowest BCUT2D eigenvalue weighted by Gasteiger charge is -2.31. The van der Waals surface area contributed by atoms with E-state index in [0.29, 0.717) is 31.9 Å². The zero-order valence-corrected chi connectivity index (χ0v) is 11.8. The summed E-state index contributed by atoms with van der Waals surface area (Å²) in [7, 11) is 3.21. The third-order valence-corrected chi connectivity index (χ3v) is 3.46. The van der Waals surface area contributed by atoms with Crippen LogP contribution in [0.3, 0.4) is 0 Å². The highest BCUT2D eigenvalue weighted by Crippen LogP contribution is 2.22. The van der Waals surface area contributed by atoms with Gasteiger partial charge in [-0.2, -0.15) is 0 Å². The van der Waals surface area contributed by atoms with Gasteiger partial charge >= 0.3 is 11.8 Å². The molecule has 6 heteroatoms. The number of methoxy groups -OCH3 is 1. The molecule has 1 aromatic carbocycles. The predicted octanol–water partition coefficient (Wildman–Crippen LogP) is -0.0455. The number of rotatable bonds is 4. The van der Waals surface area contributed by atoms with Crippen LogP contribution in [0.4, 0.5) is 0 Å². The Morgan fingerprint density at radius 1 is 1.25 bits per heavy atom. The Hall–Kier alpha value is -2.08. The number of hydrogen-bond acceptors (Lipinski definition) is 4. The van der Waals surface area contributed by atoms with Crippen molar-refractivity contribution in [3.63, 3.8) is 0 Å². The quantitative estimate of drug-likeness (QED) is 0.783. The molecular weight excluding hydrogens is 258 g/mol. The molecule has 2 amide bonds. The van der Waals surface area contributed by atoms with Crippen LogP contribution >= 0.6 is 0 Å². The fraction of sp³-hybridized carbons (Fsp3) is 0.429. The molecule has 1 saturated heterocycles. The monoisotopic (exact) mass is 277 g/mol. The van der Waals surface area contributed by atoms with Gasteiger partial charge in [0, 0.05) is 38.8 Å². The number of ether oxygens (including phenoxy) is 1. The first-order valence-electron chi connectivity index (χ1n) is 6.47. The highest BCUT2D eigenvalue weighted by molar-refractivity contribution is 6.35. The molecule has 108 valence electrons. The van der Waals surface area contributed by atoms with E-state index in [2.05, 4.69) is 0 Å². The van der Waals surface area contributed by atoms with Gasteiger partial charge < -0.3 is 20.3 Å². The van der Waals surface area contributed by atoms with Crippen molar-refractivity contribution in [3.8, 4) is 5.75 Å². The lowest BCUT2D eigenvalue weighted by atomic mass is 10.1. The first-order chi connectivity index (χ1) is 9.56. The molecular formula is C14H19N3O3. The van der Waals surface area contributed by atoms with Gasteiger partial charge in [0.2, 0.25) is 0 Å². The van der Waals surface area contributed by atoms with Crippen LogP contribution in [0.5, 0.6) is 5.75 Å². The Labute approximate surface area is 118 Å². The summed E-state index contributed by atoms with van der Waals surface area (Å²) >= 11 is 0. The second kappa shape index (κ2) is 5.92. The first kappa shape index (κ1) is 14.3. The molecule has 0 unspecified atom stereocenters. The minimum Gasteiger partial charge on any atom is -0.496 e. The third kappa shape index (κ3) is 2.75. The molecule has 0 saturated carbocycles. The van der Waals surface area contributed by atoms with E-state index in [1.165, 1.54) is 4.90 Å². The van der Waals surface area contributed by atoms with Crippen LogP contribution in [0.1, 0.15) is 11.1 Å². The smallest absolute Gasteiger partial charge is 0.312 e. The van der Waals surface area contributed by atoms with E-state index in [9.17, 15) is 9.59 Å². The van der Waals surface area contributed by atoms with Gasteiger partial charge in [-0.15, -0.1) is 0 Å². The van der Waals surface area contributed by atoms with Crippen molar-refractivity contribution in [2.75, 3.05) is 27.2 Å². The fourth-order valence-electron chi connectivity index (χ4n) is 2.21. The molecule has 0 radical (unpaired) electrons. The van der Waals surface area contributed by atoms with E-state index < -0.39 is 11.8 Å². The maximum atomic E-state index is 12.0. The average molecular weight is 277 g/mol. The SMILES string of the molecule is COc1ccc(CN)cc1CN1CCN(C)C(=O)C1=O. The molecule has 1 aliphatic heterocycles. The van der Waals surface area contributed by atoms with Crippen molar-refractivity contribution in [1.82, 2.24) is 9.80 Å². The minimum absolute atomic E-state index is 0.357. The third-order valence-electron chi connectivity index (χ3n) is 3.46. The average Bonchev–Trinajstić information content (AvgIpc) is 2.47. The molecule has 0 spiro atoms. The standard InChI is InChI=1S/C14H19N3O3/c1-16-5-6-17(14(19)13(16)18)9-11-7-10(8-15)3-4-12(11)20-2/h3-4,7H,5-6,8-9,15H2,1-2H3. The fourth-order valence-corrected chi connectivity index (χ4v) is 2.21. The molecule has 6 nitrogen and oxygen atoms in total. The number of hydrogen-bond donors (Lipinski definition) is 1. The number of amides is 2. The second-order valence-electron chi connectivity index (χ2n) is 4.80. The summed E-state index contributed by atoms with van der Waals surface area (Å²) in [6.07, 6.45) is 0. The Balaban J connectivity index is 2.21. The molecule has 0 aliphatic carbocycles. The minimum atomic E-state index is -0.473. The number of piperazine rings is 1. The van der Waals surface area contributed by atoms with Crippen LogP contribution in [-0.4, -0.2) is 48.9 Å². The Kier molecular flexibility index (Phi) is 4.24. The summed E-state index contributed by atoms with van der Waals surface area (Å²) in [6.45, 7) is 1.85. The van der Waals surface area contributed by atoms with Crippen molar-refractivity contribution >= 4 is 11.8 Å². The van der Waals surface area contributed by atoms with E-state index in [4.69, 9.17) is 10.5 Å². The molecule has 0 atom stereocenters. The Morgan fingerprint density at radius 2 is 2.00 bits per heavy atom. The van der Waals surface area contributed by atoms with Gasteiger partial charge in [-0.05, 0) is 17.7 Å². The summed E-state index contributed by atoms with van der Waals surface area (Å²) in [5.41, 5.74) is 7.46. The van der Waals surface area contributed by atoms with Crippen LogP contribution in [0.25, 0.3) is 0 Å². The summed E-state index contributed by atoms with van der Waals surface area (Å²) in [5.74, 6) is -0.245. The van der Waals surface area contributed by atoms with Gasteiger partial charge in [-0.25, -0.2) is 0 Å². The molecule has 2 rings (SSSR count). The van der Waals surface area contributed by atoms with Crippen LogP contribution in [-0.2, 0) is 22.7 Å². The largest absolute Gasteiger partial charge is 0.496 e. The summed E-state index contributed by atoms with van der Waals surface area (Å²) < 4.78 is 5.30. The molecule has 1 heterocycles. The highest BCUT2D eigenvalue weighted by atomic mass is 16.5. The van der Waals surface area contributed by atoms with E-state index in [0.717, 1.165) is 11.1 Å². The number of benzene rings is 1. The lowest BCUT2D eigenvalue weighted by molar-refractivity contribution is -0.155. The summed E-state index contributed by atoms with van der Waals surface area (Å²) in [5, 5.41) is 0. The van der Waals surface area contributed by atoms with E-state index in [-0.39, 0.29) is 0 Å². The van der Waals surface area contributed by atoms with E-state index in [1.54, 1.807) is 19.1 Å². The molecule has 1 aliphatic rings. The maximum Gasteiger partial charge on any atom is 0.312 e. The molecule has 20 heavy (non-hydrogen) atoms. The lowest BCUT2D eigenvalue weighted by Crippen LogP contribution is -2.52. The van der Waals surface area contributed by atoms with Crippen molar-refractivity contribution in [3.05, 3.63) is 29.3 Å². The molecule has 1 aromatic rings. The zero-order valence-electron chi connectivity index (χ0n) is 11.8. The van der Waals surface area contributed by atoms with Crippen LogP contribution in [0, 0.1) is 0 Å². The van der Waals surface area contributed by atoms with Crippen molar-refractivity contribution in [2.24, 2.45) is 5.73 Å². The van der Waals surface area contributed by atoms with Gasteiger partial charge in [0.05, 0.1) is 7.11 Å². The Morgan fingerprint density at radius 3 is 2.65 bits per heavy atom. The first-order valence-corrected chi connectivity index (χ1v) is 6.47. The van der Waals surface area contributed by atoms with Gasteiger partial charge in [0.25, 0.3) is 0 Å². The predicted molar refractivity (Wildman–Crippen MR) is 73.9 cm³/mol. The molecule has 1 fully saturated rings. The zero-order chi connectivity index (χ0) is 14.7. The number of carbonyl (C=O) groups excluding carboxylic acids is 2. The molecule has 0 bridgehead atoms. The van der Waals surface area contributed by atoms with Gasteiger partial charge in [-0.1, -0.05) is 6.07 Å². The summed E-state index contributed by atoms with van der Waals surface area (Å²) in [4.78, 5) is 26.6. The highest BCUT2D eigenvalue weighted by Gasteiger charge is 2.30. The normalized spacial score (nSPS) is 15.8. The van der Waals surface area contributed by atoms with Crippen molar-refractivity contribution in [2.45, 2.75) is 13.1 Å². The summed E-state index contributed by atoms with van der Waals surface area (Å²) in [6, 6.07) is 5.63. The molecule has 0 aromatic heterocycles. The van der Waals surface area contributed by atoms with Gasteiger partial charge in [0.15, 0.2) is 0 Å². The van der Waals surface area contributed by atoms with Crippen LogP contribution < -0.4 is 10.5 Å². The van der Waals surface area contributed by atoms with Crippen molar-refractivity contribution in [1.29, 1.82) is 0 Å². The van der Waals surface area contributed by atoms with E-state index in [1.807, 2.05) is 18.2 Å². The van der Waals surface area contributed by atoms with Gasteiger partial charge in [-0.3, -0.25) is 9.59 Å². The number of carbonyl (C=O) groups is 2. The maximum absolute atomic E-state index is 12.0. The number of likely N-dealkylation sites (N-methyl/N-ethyl adjacent to an activating group) is 1. The topological polar surface area (TPSA) is 75.9 Å². The van der Waals surface area contributed by atoms with Crippen molar-refractivity contribution < 1.29 is 14.3 Å². The number of nitrogens with zero attached hydrogens (tertiary/aromatic N) is 2. The van der Waals surface area contributed by atoms with Gasteiger partial charge in [0.1, 0.15) is 5.75 Å². The molecule has 2 N–H and O–H groups in total. The number of nitrogens with two attached hydrogens (primary N) is 1.